The molecule has 2 saturated heterocycles. The molecule has 2 aliphatic heterocycles. The summed E-state index contributed by atoms with van der Waals surface area (Å²) in [6.07, 6.45) is 2.30. The second-order valence-electron chi connectivity index (χ2n) is 11.3. The first kappa shape index (κ1) is 33.8. The zero-order valence-electron chi connectivity index (χ0n) is 25.0. The van der Waals surface area contributed by atoms with Crippen molar-refractivity contribution in [3.63, 3.8) is 0 Å². The van der Waals surface area contributed by atoms with Crippen molar-refractivity contribution in [2.24, 2.45) is 0 Å². The molecule has 1 amide bonds. The highest BCUT2D eigenvalue weighted by Crippen LogP contribution is 2.33. The largest absolute Gasteiger partial charge is 0.496 e. The zero-order valence-corrected chi connectivity index (χ0v) is 27.3. The van der Waals surface area contributed by atoms with Gasteiger partial charge >= 0.3 is 0 Å². The average molecular weight is 627 g/mol. The lowest BCUT2D eigenvalue weighted by Crippen LogP contribution is -2.50. The predicted octanol–water partition coefficient (Wildman–Crippen LogP) is 5.62. The molecular formula is C31H46Cl3N5O2. The van der Waals surface area contributed by atoms with Crippen LogP contribution in [0.3, 0.4) is 0 Å². The normalized spacial score (nSPS) is 16.8. The fourth-order valence-corrected chi connectivity index (χ4v) is 6.08. The van der Waals surface area contributed by atoms with Crippen molar-refractivity contribution in [3.8, 4) is 5.75 Å². The second kappa shape index (κ2) is 16.2. The van der Waals surface area contributed by atoms with Crippen LogP contribution in [0.2, 0.25) is 10.0 Å². The van der Waals surface area contributed by atoms with Gasteiger partial charge in [-0.3, -0.25) is 14.6 Å². The van der Waals surface area contributed by atoms with Crippen LogP contribution in [0.4, 0.5) is 5.69 Å². The number of anilines is 1. The van der Waals surface area contributed by atoms with E-state index in [-0.39, 0.29) is 18.3 Å². The standard InChI is InChI=1S/C31H45Cl2N5O2.ClH/c1-24(2)36-18-20-38(21-19-36)31(39)25-10-11-26(29(22-25)40-4)23-34(3)12-5-6-13-35-14-16-37(17-15-35)28-9-7-8-27(32)30(28)33;/h7-11,22,24H,5-6,12-21,23H2,1-4H3;1H. The third-order valence-electron chi connectivity index (χ3n) is 8.21. The van der Waals surface area contributed by atoms with Crippen molar-refractivity contribution in [2.45, 2.75) is 39.3 Å². The summed E-state index contributed by atoms with van der Waals surface area (Å²) in [6, 6.07) is 12.3. The van der Waals surface area contributed by atoms with Crippen LogP contribution in [0.5, 0.6) is 5.75 Å². The second-order valence-corrected chi connectivity index (χ2v) is 12.1. The molecular weight excluding hydrogens is 581 g/mol. The summed E-state index contributed by atoms with van der Waals surface area (Å²) in [5, 5.41) is 1.27. The number of hydrogen-bond acceptors (Lipinski definition) is 6. The maximum Gasteiger partial charge on any atom is 0.254 e. The molecule has 2 fully saturated rings. The molecule has 10 heteroatoms. The van der Waals surface area contributed by atoms with Crippen molar-refractivity contribution < 1.29 is 9.53 Å². The van der Waals surface area contributed by atoms with Gasteiger partial charge in [0.15, 0.2) is 0 Å². The van der Waals surface area contributed by atoms with Crippen LogP contribution in [0.15, 0.2) is 36.4 Å². The number of methoxy groups -OCH3 is 1. The smallest absolute Gasteiger partial charge is 0.254 e. The Morgan fingerprint density at radius 3 is 2.34 bits per heavy atom. The monoisotopic (exact) mass is 625 g/mol. The fraction of sp³-hybridized carbons (Fsp3) is 0.581. The number of piperazine rings is 2. The summed E-state index contributed by atoms with van der Waals surface area (Å²) in [7, 11) is 3.84. The SMILES string of the molecule is COc1cc(C(=O)N2CCN(C(C)C)CC2)ccc1CN(C)CCCCN1CCN(c2cccc(Cl)c2Cl)CC1.Cl. The van der Waals surface area contributed by atoms with Gasteiger partial charge in [-0.1, -0.05) is 35.3 Å². The van der Waals surface area contributed by atoms with Crippen LogP contribution in [0.25, 0.3) is 0 Å². The average Bonchev–Trinajstić information content (AvgIpc) is 2.97. The van der Waals surface area contributed by atoms with Gasteiger partial charge in [-0.2, -0.15) is 0 Å². The van der Waals surface area contributed by atoms with Crippen molar-refractivity contribution in [3.05, 3.63) is 57.6 Å². The molecule has 2 heterocycles. The Labute approximate surface area is 262 Å². The number of benzene rings is 2. The molecule has 0 bridgehead atoms. The van der Waals surface area contributed by atoms with E-state index < -0.39 is 0 Å². The highest BCUT2D eigenvalue weighted by Gasteiger charge is 2.24. The van der Waals surface area contributed by atoms with Crippen LogP contribution in [-0.4, -0.2) is 111 Å². The number of amides is 1. The summed E-state index contributed by atoms with van der Waals surface area (Å²) in [5.74, 6) is 0.884. The molecule has 0 aromatic heterocycles. The van der Waals surface area contributed by atoms with Crippen molar-refractivity contribution >= 4 is 47.2 Å². The molecule has 0 N–H and O–H groups in total. The molecule has 0 saturated carbocycles. The van der Waals surface area contributed by atoms with E-state index in [0.29, 0.717) is 21.7 Å². The van der Waals surface area contributed by atoms with Gasteiger partial charge < -0.3 is 19.4 Å². The van der Waals surface area contributed by atoms with E-state index in [4.69, 9.17) is 27.9 Å². The Bertz CT molecular complexity index is 1120. The van der Waals surface area contributed by atoms with Crippen LogP contribution in [0.1, 0.15) is 42.6 Å². The minimum Gasteiger partial charge on any atom is -0.496 e. The van der Waals surface area contributed by atoms with Crippen LogP contribution in [0, 0.1) is 0 Å². The molecule has 2 aromatic carbocycles. The molecule has 0 atom stereocenters. The van der Waals surface area contributed by atoms with E-state index >= 15 is 0 Å². The lowest BCUT2D eigenvalue weighted by molar-refractivity contribution is 0.0595. The first-order chi connectivity index (χ1) is 19.3. The summed E-state index contributed by atoms with van der Waals surface area (Å²) >= 11 is 12.6. The van der Waals surface area contributed by atoms with Gasteiger partial charge in [0.25, 0.3) is 5.91 Å². The van der Waals surface area contributed by atoms with Crippen molar-refractivity contribution in [2.75, 3.05) is 84.5 Å². The number of carbonyl (C=O) groups is 1. The molecule has 228 valence electrons. The molecule has 0 aliphatic carbocycles. The van der Waals surface area contributed by atoms with Gasteiger partial charge in [0.05, 0.1) is 22.8 Å². The van der Waals surface area contributed by atoms with E-state index in [1.54, 1.807) is 7.11 Å². The Hall–Kier alpha value is -1.74. The molecule has 7 nitrogen and oxygen atoms in total. The van der Waals surface area contributed by atoms with Crippen LogP contribution >= 0.6 is 35.6 Å². The number of unbranched alkanes of at least 4 members (excludes halogenated alkanes) is 1. The van der Waals surface area contributed by atoms with E-state index in [9.17, 15) is 4.79 Å². The van der Waals surface area contributed by atoms with Gasteiger partial charge in [-0.15, -0.1) is 12.4 Å². The molecule has 41 heavy (non-hydrogen) atoms. The molecule has 2 aliphatic rings. The first-order valence-corrected chi connectivity index (χ1v) is 15.3. The maximum atomic E-state index is 13.1. The van der Waals surface area contributed by atoms with Gasteiger partial charge in [-0.25, -0.2) is 0 Å². The molecule has 2 aromatic rings. The summed E-state index contributed by atoms with van der Waals surface area (Å²) in [6.45, 7) is 14.7. The lowest BCUT2D eigenvalue weighted by Gasteiger charge is -2.37. The van der Waals surface area contributed by atoms with E-state index in [1.165, 1.54) is 0 Å². The third-order valence-corrected chi connectivity index (χ3v) is 9.02. The fourth-order valence-electron chi connectivity index (χ4n) is 5.67. The van der Waals surface area contributed by atoms with Crippen LogP contribution in [-0.2, 0) is 6.54 Å². The van der Waals surface area contributed by atoms with Crippen molar-refractivity contribution in [1.29, 1.82) is 0 Å². The number of rotatable bonds is 11. The Kier molecular flexibility index (Phi) is 13.3. The number of halogens is 3. The number of nitrogens with zero attached hydrogens (tertiary/aromatic N) is 5. The summed E-state index contributed by atoms with van der Waals surface area (Å²) < 4.78 is 5.70. The molecule has 0 unspecified atom stereocenters. The highest BCUT2D eigenvalue weighted by atomic mass is 35.5. The number of hydrogen-bond donors (Lipinski definition) is 0. The molecule has 0 spiro atoms. The maximum absolute atomic E-state index is 13.1. The zero-order chi connectivity index (χ0) is 28.6. The third kappa shape index (κ3) is 9.12. The Morgan fingerprint density at radius 1 is 0.976 bits per heavy atom. The quantitative estimate of drug-likeness (QED) is 0.302. The summed E-state index contributed by atoms with van der Waals surface area (Å²) in [4.78, 5) is 24.7. The lowest BCUT2D eigenvalue weighted by atomic mass is 10.1. The molecule has 4 rings (SSSR count). The van der Waals surface area contributed by atoms with Crippen molar-refractivity contribution in [1.82, 2.24) is 19.6 Å². The van der Waals surface area contributed by atoms with Gasteiger partial charge in [-0.05, 0) is 71.1 Å². The topological polar surface area (TPSA) is 42.5 Å². The first-order valence-electron chi connectivity index (χ1n) is 14.6. The van der Waals surface area contributed by atoms with E-state index in [1.807, 2.05) is 29.2 Å². The van der Waals surface area contributed by atoms with E-state index in [2.05, 4.69) is 52.6 Å². The Balaban J connectivity index is 0.00000462. The predicted molar refractivity (Wildman–Crippen MR) is 174 cm³/mol. The van der Waals surface area contributed by atoms with Gasteiger partial charge in [0.1, 0.15) is 5.75 Å². The van der Waals surface area contributed by atoms with E-state index in [0.717, 1.165) is 102 Å². The van der Waals surface area contributed by atoms with Gasteiger partial charge in [0.2, 0.25) is 0 Å². The number of ether oxygens (including phenoxy) is 1. The van der Waals surface area contributed by atoms with Crippen LogP contribution < -0.4 is 9.64 Å². The van der Waals surface area contributed by atoms with Gasteiger partial charge in [0, 0.05) is 76.1 Å². The highest BCUT2D eigenvalue weighted by molar-refractivity contribution is 6.43. The molecule has 0 radical (unpaired) electrons. The Morgan fingerprint density at radius 2 is 1.68 bits per heavy atom. The minimum atomic E-state index is 0. The number of carbonyl (C=O) groups excluding carboxylic acids is 1. The minimum absolute atomic E-state index is 0. The summed E-state index contributed by atoms with van der Waals surface area (Å²) in [5.41, 5.74) is 2.86.